The molecule has 0 aliphatic rings. The molecular weight excluding hydrogens is 172 g/mol. The molecule has 0 saturated carbocycles. The number of carbonyl (C=O) groups excluding carboxylic acids is 1. The highest BCUT2D eigenvalue weighted by Gasteiger charge is 2.34. The van der Waals surface area contributed by atoms with Crippen LogP contribution in [0.3, 0.4) is 0 Å². The third kappa shape index (κ3) is 3.16. The van der Waals surface area contributed by atoms with Crippen molar-refractivity contribution >= 4 is 5.97 Å². The van der Waals surface area contributed by atoms with Crippen LogP contribution in [0.5, 0.6) is 0 Å². The number of esters is 1. The van der Waals surface area contributed by atoms with Crippen molar-refractivity contribution in [3.8, 4) is 0 Å². The zero-order valence-corrected chi connectivity index (χ0v) is 8.20. The fourth-order valence-electron chi connectivity index (χ4n) is 0.580. The summed E-state index contributed by atoms with van der Waals surface area (Å²) in [6.45, 7) is 7.50. The molecule has 0 bridgehead atoms. The highest BCUT2D eigenvalue weighted by Crippen LogP contribution is 2.19. The smallest absolute Gasteiger partial charge is 0.335 e. The third-order valence-electron chi connectivity index (χ3n) is 1.75. The molecule has 0 aromatic heterocycles. The van der Waals surface area contributed by atoms with Crippen molar-refractivity contribution in [2.24, 2.45) is 5.92 Å². The fourth-order valence-corrected chi connectivity index (χ4v) is 0.580. The van der Waals surface area contributed by atoms with Gasteiger partial charge in [-0.25, -0.2) is 4.79 Å². The summed E-state index contributed by atoms with van der Waals surface area (Å²) in [5, 5.41) is 18.4. The summed E-state index contributed by atoms with van der Waals surface area (Å²) in [6.07, 6.45) is 0. The van der Waals surface area contributed by atoms with Crippen LogP contribution < -0.4 is 0 Å². The summed E-state index contributed by atoms with van der Waals surface area (Å²) in [6, 6.07) is 0. The second kappa shape index (κ2) is 4.39. The molecule has 0 rings (SSSR count). The van der Waals surface area contributed by atoms with Gasteiger partial charge in [0.25, 0.3) is 0 Å². The minimum Gasteiger partial charge on any atom is -0.427 e. The number of aliphatic hydroxyl groups excluding tert-OH is 1. The summed E-state index contributed by atoms with van der Waals surface area (Å²) in [5.41, 5.74) is 0.188. The number of ether oxygens (including phenoxy) is 1. The number of aliphatic hydroxyl groups is 2. The van der Waals surface area contributed by atoms with E-state index in [2.05, 4.69) is 11.3 Å². The van der Waals surface area contributed by atoms with Crippen molar-refractivity contribution in [1.29, 1.82) is 0 Å². The van der Waals surface area contributed by atoms with Gasteiger partial charge in [0.1, 0.15) is 6.61 Å². The normalized spacial score (nSPS) is 15.2. The molecule has 0 aromatic carbocycles. The summed E-state index contributed by atoms with van der Waals surface area (Å²) in [4.78, 5) is 11.0. The molecule has 0 fully saturated rings. The van der Waals surface area contributed by atoms with Crippen LogP contribution >= 0.6 is 0 Å². The second-order valence-electron chi connectivity index (χ2n) is 3.33. The molecule has 0 aromatic rings. The van der Waals surface area contributed by atoms with Crippen LogP contribution in [-0.4, -0.2) is 28.6 Å². The Morgan fingerprint density at radius 1 is 1.62 bits per heavy atom. The molecule has 0 heterocycles. The van der Waals surface area contributed by atoms with Crippen molar-refractivity contribution < 1.29 is 19.7 Å². The Morgan fingerprint density at radius 2 is 2.08 bits per heavy atom. The van der Waals surface area contributed by atoms with Crippen LogP contribution in [0, 0.1) is 5.92 Å². The maximum atomic E-state index is 11.0. The number of carbonyl (C=O) groups is 1. The quantitative estimate of drug-likeness (QED) is 0.382. The van der Waals surface area contributed by atoms with E-state index >= 15 is 0 Å². The van der Waals surface area contributed by atoms with E-state index in [0.29, 0.717) is 0 Å². The van der Waals surface area contributed by atoms with E-state index in [1.807, 2.05) is 0 Å². The highest BCUT2D eigenvalue weighted by atomic mass is 16.7. The number of hydrogen-bond donors (Lipinski definition) is 2. The Morgan fingerprint density at radius 3 is 2.31 bits per heavy atom. The Bertz CT molecular complexity index is 210. The molecule has 76 valence electrons. The number of hydrogen-bond acceptors (Lipinski definition) is 4. The first kappa shape index (κ1) is 12.1. The molecule has 4 nitrogen and oxygen atoms in total. The Kier molecular flexibility index (Phi) is 4.10. The lowest BCUT2D eigenvalue weighted by molar-refractivity contribution is -0.238. The van der Waals surface area contributed by atoms with Gasteiger partial charge in [0.2, 0.25) is 5.79 Å². The van der Waals surface area contributed by atoms with Crippen molar-refractivity contribution in [2.75, 3.05) is 6.61 Å². The highest BCUT2D eigenvalue weighted by molar-refractivity contribution is 5.87. The predicted molar refractivity (Wildman–Crippen MR) is 47.8 cm³/mol. The van der Waals surface area contributed by atoms with Gasteiger partial charge >= 0.3 is 5.97 Å². The largest absolute Gasteiger partial charge is 0.427 e. The molecule has 13 heavy (non-hydrogen) atoms. The van der Waals surface area contributed by atoms with Gasteiger partial charge in [0.15, 0.2) is 0 Å². The first-order valence-electron chi connectivity index (χ1n) is 4.05. The molecule has 0 amide bonds. The maximum absolute atomic E-state index is 11.0. The van der Waals surface area contributed by atoms with E-state index in [0.717, 1.165) is 0 Å². The topological polar surface area (TPSA) is 66.8 Å². The minimum absolute atomic E-state index is 0.188. The predicted octanol–water partition coefficient (Wildman–Crippen LogP) is 0.443. The van der Waals surface area contributed by atoms with Crippen molar-refractivity contribution in [2.45, 2.75) is 26.6 Å². The average molecular weight is 188 g/mol. The SMILES string of the molecule is C=C(C)C(=O)OC(O)(CO)C(C)C. The molecule has 0 saturated heterocycles. The standard InChI is InChI=1S/C9H16O4/c1-6(2)8(11)13-9(12,5-10)7(3)4/h7,10,12H,1,5H2,2-4H3. The van der Waals surface area contributed by atoms with Crippen LogP contribution in [0.25, 0.3) is 0 Å². The van der Waals surface area contributed by atoms with Gasteiger partial charge in [-0.3, -0.25) is 0 Å². The van der Waals surface area contributed by atoms with Gasteiger partial charge in [-0.2, -0.15) is 0 Å². The summed E-state index contributed by atoms with van der Waals surface area (Å²) < 4.78 is 4.68. The lowest BCUT2D eigenvalue weighted by Crippen LogP contribution is -2.43. The second-order valence-corrected chi connectivity index (χ2v) is 3.33. The van der Waals surface area contributed by atoms with E-state index in [9.17, 15) is 9.90 Å². The zero-order chi connectivity index (χ0) is 10.6. The molecule has 0 spiro atoms. The zero-order valence-electron chi connectivity index (χ0n) is 8.20. The van der Waals surface area contributed by atoms with Crippen molar-refractivity contribution in [3.63, 3.8) is 0 Å². The van der Waals surface area contributed by atoms with Crippen molar-refractivity contribution in [1.82, 2.24) is 0 Å². The molecule has 0 radical (unpaired) electrons. The third-order valence-corrected chi connectivity index (χ3v) is 1.75. The van der Waals surface area contributed by atoms with E-state index in [-0.39, 0.29) is 11.5 Å². The lowest BCUT2D eigenvalue weighted by Gasteiger charge is -2.29. The van der Waals surface area contributed by atoms with Gasteiger partial charge in [-0.05, 0) is 6.92 Å². The van der Waals surface area contributed by atoms with Crippen LogP contribution in [0.4, 0.5) is 0 Å². The van der Waals surface area contributed by atoms with Crippen LogP contribution in [-0.2, 0) is 9.53 Å². The monoisotopic (exact) mass is 188 g/mol. The van der Waals surface area contributed by atoms with E-state index < -0.39 is 18.4 Å². The minimum atomic E-state index is -1.81. The molecule has 2 N–H and O–H groups in total. The molecule has 4 heteroatoms. The van der Waals surface area contributed by atoms with Crippen LogP contribution in [0.1, 0.15) is 20.8 Å². The Labute approximate surface area is 77.8 Å². The molecule has 1 atom stereocenters. The first-order valence-corrected chi connectivity index (χ1v) is 4.05. The Balaban J connectivity index is 4.45. The van der Waals surface area contributed by atoms with Crippen LogP contribution in [0.2, 0.25) is 0 Å². The fraction of sp³-hybridized carbons (Fsp3) is 0.667. The Hall–Kier alpha value is -0.870. The van der Waals surface area contributed by atoms with Gasteiger partial charge in [0, 0.05) is 11.5 Å². The van der Waals surface area contributed by atoms with E-state index in [1.165, 1.54) is 6.92 Å². The van der Waals surface area contributed by atoms with Gasteiger partial charge in [-0.1, -0.05) is 20.4 Å². The van der Waals surface area contributed by atoms with E-state index in [4.69, 9.17) is 5.11 Å². The summed E-state index contributed by atoms with van der Waals surface area (Å²) >= 11 is 0. The first-order chi connectivity index (χ1) is 5.83. The van der Waals surface area contributed by atoms with Gasteiger partial charge in [-0.15, -0.1) is 0 Å². The molecular formula is C9H16O4. The lowest BCUT2D eigenvalue weighted by atomic mass is 10.0. The molecule has 1 unspecified atom stereocenters. The van der Waals surface area contributed by atoms with Gasteiger partial charge < -0.3 is 14.9 Å². The van der Waals surface area contributed by atoms with Crippen molar-refractivity contribution in [3.05, 3.63) is 12.2 Å². The number of rotatable bonds is 4. The summed E-state index contributed by atoms with van der Waals surface area (Å²) in [5.74, 6) is -2.89. The average Bonchev–Trinajstić information content (AvgIpc) is 2.03. The van der Waals surface area contributed by atoms with Crippen LogP contribution in [0.15, 0.2) is 12.2 Å². The van der Waals surface area contributed by atoms with Gasteiger partial charge in [0.05, 0.1) is 0 Å². The van der Waals surface area contributed by atoms with E-state index in [1.54, 1.807) is 13.8 Å². The molecule has 0 aliphatic heterocycles. The maximum Gasteiger partial charge on any atom is 0.335 e. The summed E-state index contributed by atoms with van der Waals surface area (Å²) in [7, 11) is 0. The molecule has 0 aliphatic carbocycles.